The molecule has 0 unspecified atom stereocenters. The van der Waals surface area contributed by atoms with E-state index in [0.717, 1.165) is 0 Å². The standard InChI is InChI=1S/C13H16F3NO3/c1-10(2)11(3)4-5-12(10,8(19)7(11)18)9(20)17-6-13(14,15)16/h4-6H2,1-3H3,(H,17,20)/t11-,12-/m0/s1. The Kier molecular flexibility index (Phi) is 2.87. The third-order valence-corrected chi connectivity index (χ3v) is 5.38. The van der Waals surface area contributed by atoms with Gasteiger partial charge in [0.2, 0.25) is 17.5 Å². The molecule has 0 saturated heterocycles. The Labute approximate surface area is 114 Å². The summed E-state index contributed by atoms with van der Waals surface area (Å²) in [6.07, 6.45) is -4.10. The molecule has 0 heterocycles. The molecule has 0 spiro atoms. The molecule has 2 aliphatic rings. The number of alkyl halides is 3. The maximum absolute atomic E-state index is 12.2. The van der Waals surface area contributed by atoms with Crippen LogP contribution in [0.15, 0.2) is 0 Å². The summed E-state index contributed by atoms with van der Waals surface area (Å²) in [5.74, 6) is -2.48. The summed E-state index contributed by atoms with van der Waals surface area (Å²) < 4.78 is 36.7. The molecule has 2 fully saturated rings. The van der Waals surface area contributed by atoms with Crippen molar-refractivity contribution in [2.75, 3.05) is 6.54 Å². The zero-order valence-electron chi connectivity index (χ0n) is 11.5. The first-order valence-corrected chi connectivity index (χ1v) is 6.34. The summed E-state index contributed by atoms with van der Waals surface area (Å²) >= 11 is 0. The van der Waals surface area contributed by atoms with Crippen molar-refractivity contribution in [3.8, 4) is 0 Å². The number of amides is 1. The van der Waals surface area contributed by atoms with Gasteiger partial charge in [-0.3, -0.25) is 14.4 Å². The zero-order valence-corrected chi connectivity index (χ0v) is 11.5. The van der Waals surface area contributed by atoms with Crippen molar-refractivity contribution in [3.63, 3.8) is 0 Å². The largest absolute Gasteiger partial charge is 0.405 e. The first-order valence-electron chi connectivity index (χ1n) is 6.34. The zero-order chi connectivity index (χ0) is 15.6. The van der Waals surface area contributed by atoms with Crippen LogP contribution in [0.1, 0.15) is 33.6 Å². The van der Waals surface area contributed by atoms with Gasteiger partial charge < -0.3 is 5.32 Å². The molecule has 0 aromatic heterocycles. The van der Waals surface area contributed by atoms with Gasteiger partial charge in [0, 0.05) is 5.41 Å². The second-order valence-corrected chi connectivity index (χ2v) is 6.32. The first kappa shape index (κ1) is 15.0. The average molecular weight is 291 g/mol. The lowest BCUT2D eigenvalue weighted by atomic mass is 9.64. The van der Waals surface area contributed by atoms with E-state index in [1.165, 1.54) is 0 Å². The molecule has 2 bridgehead atoms. The van der Waals surface area contributed by atoms with E-state index in [9.17, 15) is 27.6 Å². The number of nitrogens with one attached hydrogen (secondary N) is 1. The Morgan fingerprint density at radius 3 is 2.10 bits per heavy atom. The molecule has 20 heavy (non-hydrogen) atoms. The van der Waals surface area contributed by atoms with Gasteiger partial charge in [-0.15, -0.1) is 0 Å². The molecule has 0 aliphatic heterocycles. The summed E-state index contributed by atoms with van der Waals surface area (Å²) in [6, 6.07) is 0. The average Bonchev–Trinajstić information content (AvgIpc) is 2.58. The summed E-state index contributed by atoms with van der Waals surface area (Å²) in [4.78, 5) is 36.4. The molecule has 112 valence electrons. The molecule has 0 radical (unpaired) electrons. The highest BCUT2D eigenvalue weighted by Gasteiger charge is 2.77. The van der Waals surface area contributed by atoms with Gasteiger partial charge in [0.05, 0.1) is 0 Å². The molecule has 2 saturated carbocycles. The number of carbonyl (C=O) groups is 3. The van der Waals surface area contributed by atoms with Crippen molar-refractivity contribution < 1.29 is 27.6 Å². The SMILES string of the molecule is CC1(C)[C@@]2(C(=O)NCC(F)(F)F)CC[C@@]1(C)C(=O)C2=O. The van der Waals surface area contributed by atoms with Crippen molar-refractivity contribution in [2.45, 2.75) is 39.8 Å². The molecule has 2 aliphatic carbocycles. The highest BCUT2D eigenvalue weighted by Crippen LogP contribution is 2.68. The van der Waals surface area contributed by atoms with Crippen LogP contribution in [0.3, 0.4) is 0 Å². The second kappa shape index (κ2) is 3.83. The van der Waals surface area contributed by atoms with Crippen molar-refractivity contribution in [1.29, 1.82) is 0 Å². The highest BCUT2D eigenvalue weighted by atomic mass is 19.4. The normalized spacial score (nSPS) is 35.5. The minimum Gasteiger partial charge on any atom is -0.346 e. The van der Waals surface area contributed by atoms with Gasteiger partial charge >= 0.3 is 6.18 Å². The number of fused-ring (bicyclic) bond motifs is 2. The van der Waals surface area contributed by atoms with E-state index < -0.39 is 46.4 Å². The Balaban J connectivity index is 2.37. The van der Waals surface area contributed by atoms with E-state index in [1.807, 2.05) is 0 Å². The number of ketones is 2. The summed E-state index contributed by atoms with van der Waals surface area (Å²) in [7, 11) is 0. The molecular formula is C13H16F3NO3. The predicted molar refractivity (Wildman–Crippen MR) is 62.6 cm³/mol. The van der Waals surface area contributed by atoms with Gasteiger partial charge in [0.15, 0.2) is 0 Å². The third kappa shape index (κ3) is 1.52. The number of halogens is 3. The predicted octanol–water partition coefficient (Wildman–Crippen LogP) is 1.63. The lowest BCUT2D eigenvalue weighted by Crippen LogP contribution is -2.52. The van der Waals surface area contributed by atoms with Gasteiger partial charge in [-0.2, -0.15) is 13.2 Å². The number of rotatable bonds is 2. The van der Waals surface area contributed by atoms with Crippen molar-refractivity contribution in [3.05, 3.63) is 0 Å². The van der Waals surface area contributed by atoms with Crippen LogP contribution in [0.2, 0.25) is 0 Å². The quantitative estimate of drug-likeness (QED) is 0.621. The molecular weight excluding hydrogens is 275 g/mol. The van der Waals surface area contributed by atoms with E-state index in [4.69, 9.17) is 0 Å². The maximum atomic E-state index is 12.2. The minimum absolute atomic E-state index is 0.116. The highest BCUT2D eigenvalue weighted by molar-refractivity contribution is 6.48. The molecule has 0 aromatic carbocycles. The Bertz CT molecular complexity index is 511. The Morgan fingerprint density at radius 2 is 1.70 bits per heavy atom. The van der Waals surface area contributed by atoms with E-state index in [2.05, 4.69) is 0 Å². The molecule has 2 atom stereocenters. The van der Waals surface area contributed by atoms with Crippen LogP contribution in [0, 0.1) is 16.2 Å². The van der Waals surface area contributed by atoms with Crippen LogP contribution in [-0.2, 0) is 14.4 Å². The fraction of sp³-hybridized carbons (Fsp3) is 0.769. The van der Waals surface area contributed by atoms with Gasteiger partial charge in [-0.05, 0) is 18.3 Å². The number of hydrogen-bond acceptors (Lipinski definition) is 3. The lowest BCUT2D eigenvalue weighted by Gasteiger charge is -2.37. The monoisotopic (exact) mass is 291 g/mol. The van der Waals surface area contributed by atoms with Crippen LogP contribution >= 0.6 is 0 Å². The molecule has 1 amide bonds. The maximum Gasteiger partial charge on any atom is 0.405 e. The third-order valence-electron chi connectivity index (χ3n) is 5.38. The summed E-state index contributed by atoms with van der Waals surface area (Å²) in [5.41, 5.74) is -3.62. The van der Waals surface area contributed by atoms with Crippen LogP contribution in [0.5, 0.6) is 0 Å². The Morgan fingerprint density at radius 1 is 1.15 bits per heavy atom. The molecule has 4 nitrogen and oxygen atoms in total. The lowest BCUT2D eigenvalue weighted by molar-refractivity contribution is -0.154. The smallest absolute Gasteiger partial charge is 0.346 e. The van der Waals surface area contributed by atoms with Crippen molar-refractivity contribution >= 4 is 17.5 Å². The van der Waals surface area contributed by atoms with Crippen LogP contribution in [-0.4, -0.2) is 30.2 Å². The topological polar surface area (TPSA) is 63.2 Å². The van der Waals surface area contributed by atoms with Crippen LogP contribution < -0.4 is 5.32 Å². The fourth-order valence-electron chi connectivity index (χ4n) is 3.60. The number of Topliss-reactive ketones (excluding diaryl/α,β-unsaturated/α-hetero) is 2. The number of carbonyl (C=O) groups excluding carboxylic acids is 3. The number of hydrogen-bond donors (Lipinski definition) is 1. The van der Waals surface area contributed by atoms with Crippen LogP contribution in [0.25, 0.3) is 0 Å². The van der Waals surface area contributed by atoms with E-state index in [-0.39, 0.29) is 6.42 Å². The van der Waals surface area contributed by atoms with Crippen molar-refractivity contribution in [1.82, 2.24) is 5.32 Å². The van der Waals surface area contributed by atoms with E-state index in [1.54, 1.807) is 26.1 Å². The second-order valence-electron chi connectivity index (χ2n) is 6.32. The van der Waals surface area contributed by atoms with Crippen LogP contribution in [0.4, 0.5) is 13.2 Å². The van der Waals surface area contributed by atoms with E-state index in [0.29, 0.717) is 6.42 Å². The molecule has 1 N–H and O–H groups in total. The Hall–Kier alpha value is -1.40. The summed E-state index contributed by atoms with van der Waals surface area (Å²) in [6.45, 7) is 3.33. The van der Waals surface area contributed by atoms with Gasteiger partial charge in [0.25, 0.3) is 0 Å². The minimum atomic E-state index is -4.55. The van der Waals surface area contributed by atoms with Gasteiger partial charge in [-0.1, -0.05) is 20.8 Å². The summed E-state index contributed by atoms with van der Waals surface area (Å²) in [5, 5.41) is 1.77. The molecule has 2 rings (SSSR count). The van der Waals surface area contributed by atoms with Crippen molar-refractivity contribution in [2.24, 2.45) is 16.2 Å². The molecule has 7 heteroatoms. The fourth-order valence-corrected chi connectivity index (χ4v) is 3.60. The molecule has 0 aromatic rings. The van der Waals surface area contributed by atoms with Gasteiger partial charge in [-0.25, -0.2) is 0 Å². The first-order chi connectivity index (χ1) is 8.90. The van der Waals surface area contributed by atoms with E-state index >= 15 is 0 Å². The van der Waals surface area contributed by atoms with Gasteiger partial charge in [0.1, 0.15) is 12.0 Å².